The van der Waals surface area contributed by atoms with Gasteiger partial charge in [-0.3, -0.25) is 4.79 Å². The van der Waals surface area contributed by atoms with E-state index in [4.69, 9.17) is 4.74 Å². The molecular weight excluding hydrogens is 294 g/mol. The molecule has 0 saturated heterocycles. The Balaban J connectivity index is 1.88. The minimum Gasteiger partial charge on any atom is -0.507 e. The molecule has 1 unspecified atom stereocenters. The van der Waals surface area contributed by atoms with Crippen molar-refractivity contribution in [2.45, 2.75) is 19.9 Å². The molecule has 0 saturated carbocycles. The standard InChI is InChI=1S/C18H19NO4/c1-12-8-9-15(16(20)10-12)18(22)23-11-17(21)19-13(2)14-6-4-3-5-7-14/h3-10,13,20H,11H2,1-2H3,(H,19,21). The molecule has 0 heterocycles. The lowest BCUT2D eigenvalue weighted by atomic mass is 10.1. The zero-order chi connectivity index (χ0) is 16.8. The van der Waals surface area contributed by atoms with Crippen LogP contribution in [-0.2, 0) is 9.53 Å². The van der Waals surface area contributed by atoms with Gasteiger partial charge in [-0.25, -0.2) is 4.79 Å². The number of aromatic hydroxyl groups is 1. The molecule has 0 aliphatic heterocycles. The minimum absolute atomic E-state index is 0.0412. The molecule has 2 aromatic rings. The zero-order valence-electron chi connectivity index (χ0n) is 13.1. The molecule has 0 fully saturated rings. The SMILES string of the molecule is Cc1ccc(C(=O)OCC(=O)NC(C)c2ccccc2)c(O)c1. The first kappa shape index (κ1) is 16.5. The van der Waals surface area contributed by atoms with Gasteiger partial charge in [0.2, 0.25) is 0 Å². The van der Waals surface area contributed by atoms with Crippen molar-refractivity contribution in [2.24, 2.45) is 0 Å². The average Bonchev–Trinajstić information content (AvgIpc) is 2.53. The maximum Gasteiger partial charge on any atom is 0.342 e. The molecule has 5 heteroatoms. The van der Waals surface area contributed by atoms with Crippen LogP contribution in [0.25, 0.3) is 0 Å². The van der Waals surface area contributed by atoms with Gasteiger partial charge >= 0.3 is 5.97 Å². The number of carbonyl (C=O) groups excluding carboxylic acids is 2. The van der Waals surface area contributed by atoms with E-state index in [1.165, 1.54) is 12.1 Å². The van der Waals surface area contributed by atoms with Crippen molar-refractivity contribution in [1.82, 2.24) is 5.32 Å². The van der Waals surface area contributed by atoms with Crippen molar-refractivity contribution >= 4 is 11.9 Å². The Hall–Kier alpha value is -2.82. The van der Waals surface area contributed by atoms with Gasteiger partial charge in [-0.1, -0.05) is 36.4 Å². The molecule has 120 valence electrons. The molecule has 1 atom stereocenters. The van der Waals surface area contributed by atoms with Crippen LogP contribution < -0.4 is 5.32 Å². The first-order valence-electron chi connectivity index (χ1n) is 7.28. The van der Waals surface area contributed by atoms with E-state index in [2.05, 4.69) is 5.32 Å². The molecule has 2 N–H and O–H groups in total. The Morgan fingerprint density at radius 2 is 1.87 bits per heavy atom. The number of rotatable bonds is 5. The molecule has 23 heavy (non-hydrogen) atoms. The predicted molar refractivity (Wildman–Crippen MR) is 86.1 cm³/mol. The van der Waals surface area contributed by atoms with Crippen LogP contribution in [-0.4, -0.2) is 23.6 Å². The lowest BCUT2D eigenvalue weighted by Crippen LogP contribution is -2.31. The maximum absolute atomic E-state index is 11.9. The van der Waals surface area contributed by atoms with Gasteiger partial charge in [0.15, 0.2) is 6.61 Å². The van der Waals surface area contributed by atoms with E-state index in [1.807, 2.05) is 37.3 Å². The quantitative estimate of drug-likeness (QED) is 0.832. The summed E-state index contributed by atoms with van der Waals surface area (Å²) in [5, 5.41) is 12.5. The Bertz CT molecular complexity index is 697. The number of aryl methyl sites for hydroxylation is 1. The van der Waals surface area contributed by atoms with Crippen LogP contribution in [0.5, 0.6) is 5.75 Å². The molecular formula is C18H19NO4. The highest BCUT2D eigenvalue weighted by Crippen LogP contribution is 2.19. The minimum atomic E-state index is -0.731. The molecule has 0 spiro atoms. The monoisotopic (exact) mass is 313 g/mol. The molecule has 2 rings (SSSR count). The molecule has 5 nitrogen and oxygen atoms in total. The van der Waals surface area contributed by atoms with E-state index in [1.54, 1.807) is 13.0 Å². The largest absolute Gasteiger partial charge is 0.507 e. The number of hydrogen-bond donors (Lipinski definition) is 2. The summed E-state index contributed by atoms with van der Waals surface area (Å²) in [5.41, 5.74) is 1.83. The van der Waals surface area contributed by atoms with Crippen LogP contribution in [0.3, 0.4) is 0 Å². The summed E-state index contributed by atoms with van der Waals surface area (Å²) in [4.78, 5) is 23.7. The van der Waals surface area contributed by atoms with Gasteiger partial charge in [0.05, 0.1) is 6.04 Å². The Labute approximate surface area is 134 Å². The highest BCUT2D eigenvalue weighted by molar-refractivity contribution is 5.94. The van der Waals surface area contributed by atoms with Gasteiger partial charge < -0.3 is 15.2 Å². The van der Waals surface area contributed by atoms with Gasteiger partial charge in [-0.05, 0) is 37.1 Å². The second kappa shape index (κ2) is 7.45. The lowest BCUT2D eigenvalue weighted by Gasteiger charge is -2.14. The van der Waals surface area contributed by atoms with Gasteiger partial charge in [0.1, 0.15) is 11.3 Å². The van der Waals surface area contributed by atoms with Crippen molar-refractivity contribution < 1.29 is 19.4 Å². The number of ether oxygens (including phenoxy) is 1. The number of benzene rings is 2. The van der Waals surface area contributed by atoms with Crippen LogP contribution in [0, 0.1) is 6.92 Å². The van der Waals surface area contributed by atoms with E-state index in [9.17, 15) is 14.7 Å². The fourth-order valence-corrected chi connectivity index (χ4v) is 2.13. The third-order valence-corrected chi connectivity index (χ3v) is 3.38. The number of esters is 1. The van der Waals surface area contributed by atoms with Crippen LogP contribution in [0.15, 0.2) is 48.5 Å². The van der Waals surface area contributed by atoms with E-state index in [0.29, 0.717) is 0 Å². The summed E-state index contributed by atoms with van der Waals surface area (Å²) in [6, 6.07) is 13.9. The average molecular weight is 313 g/mol. The molecule has 0 aromatic heterocycles. The number of phenolic OH excluding ortho intramolecular Hbond substituents is 1. The molecule has 0 radical (unpaired) electrons. The highest BCUT2D eigenvalue weighted by Gasteiger charge is 2.15. The second-order valence-electron chi connectivity index (χ2n) is 5.30. The van der Waals surface area contributed by atoms with Crippen molar-refractivity contribution in [1.29, 1.82) is 0 Å². The highest BCUT2D eigenvalue weighted by atomic mass is 16.5. The summed E-state index contributed by atoms with van der Waals surface area (Å²) in [6.45, 7) is 3.25. The fraction of sp³-hybridized carbons (Fsp3) is 0.222. The van der Waals surface area contributed by atoms with Gasteiger partial charge in [-0.2, -0.15) is 0 Å². The van der Waals surface area contributed by atoms with Crippen LogP contribution >= 0.6 is 0 Å². The first-order chi connectivity index (χ1) is 11.0. The summed E-state index contributed by atoms with van der Waals surface area (Å²) in [7, 11) is 0. The molecule has 0 aliphatic rings. The molecule has 0 aliphatic carbocycles. The van der Waals surface area contributed by atoms with E-state index < -0.39 is 18.5 Å². The van der Waals surface area contributed by atoms with Crippen LogP contribution in [0.2, 0.25) is 0 Å². The van der Waals surface area contributed by atoms with Crippen LogP contribution in [0.1, 0.15) is 34.5 Å². The van der Waals surface area contributed by atoms with Crippen molar-refractivity contribution in [3.05, 3.63) is 65.2 Å². The predicted octanol–water partition coefficient (Wildman–Crippen LogP) is 2.73. The number of nitrogens with one attached hydrogen (secondary N) is 1. The number of amides is 1. The summed E-state index contributed by atoms with van der Waals surface area (Å²) < 4.78 is 4.94. The topological polar surface area (TPSA) is 75.6 Å². The van der Waals surface area contributed by atoms with Gasteiger partial charge in [0.25, 0.3) is 5.91 Å². The first-order valence-corrected chi connectivity index (χ1v) is 7.28. The smallest absolute Gasteiger partial charge is 0.342 e. The lowest BCUT2D eigenvalue weighted by molar-refractivity contribution is -0.124. The van der Waals surface area contributed by atoms with Crippen molar-refractivity contribution in [2.75, 3.05) is 6.61 Å². The number of phenols is 1. The van der Waals surface area contributed by atoms with E-state index in [0.717, 1.165) is 11.1 Å². The van der Waals surface area contributed by atoms with Crippen LogP contribution in [0.4, 0.5) is 0 Å². The van der Waals surface area contributed by atoms with E-state index in [-0.39, 0.29) is 17.4 Å². The summed E-state index contributed by atoms with van der Waals surface area (Å²) >= 11 is 0. The van der Waals surface area contributed by atoms with Gasteiger partial charge in [-0.15, -0.1) is 0 Å². The van der Waals surface area contributed by atoms with Crippen molar-refractivity contribution in [3.8, 4) is 5.75 Å². The third-order valence-electron chi connectivity index (χ3n) is 3.38. The van der Waals surface area contributed by atoms with Gasteiger partial charge in [0, 0.05) is 0 Å². The third kappa shape index (κ3) is 4.57. The zero-order valence-corrected chi connectivity index (χ0v) is 13.1. The molecule has 1 amide bonds. The fourth-order valence-electron chi connectivity index (χ4n) is 2.13. The Morgan fingerprint density at radius 1 is 1.17 bits per heavy atom. The van der Waals surface area contributed by atoms with E-state index >= 15 is 0 Å². The maximum atomic E-state index is 11.9. The Kier molecular flexibility index (Phi) is 5.36. The Morgan fingerprint density at radius 3 is 2.52 bits per heavy atom. The second-order valence-corrected chi connectivity index (χ2v) is 5.30. The molecule has 2 aromatic carbocycles. The molecule has 0 bridgehead atoms. The summed E-state index contributed by atoms with van der Waals surface area (Å²) in [5.74, 6) is -1.29. The van der Waals surface area contributed by atoms with Crippen molar-refractivity contribution in [3.63, 3.8) is 0 Å². The summed E-state index contributed by atoms with van der Waals surface area (Å²) in [6.07, 6.45) is 0. The number of carbonyl (C=O) groups is 2. The normalized spacial score (nSPS) is 11.6. The number of hydrogen-bond acceptors (Lipinski definition) is 4.